The van der Waals surface area contributed by atoms with Crippen LogP contribution >= 0.6 is 23.4 Å². The van der Waals surface area contributed by atoms with Gasteiger partial charge in [-0.1, -0.05) is 11.6 Å². The van der Waals surface area contributed by atoms with E-state index in [4.69, 9.17) is 17.3 Å². The minimum Gasteiger partial charge on any atom is -0.368 e. The molecule has 2 heterocycles. The fourth-order valence-corrected chi connectivity index (χ4v) is 2.32. The van der Waals surface area contributed by atoms with Gasteiger partial charge in [-0.25, -0.2) is 4.98 Å². The quantitative estimate of drug-likeness (QED) is 0.716. The molecule has 0 amide bonds. The van der Waals surface area contributed by atoms with Gasteiger partial charge in [-0.3, -0.25) is 0 Å². The third-order valence-electron chi connectivity index (χ3n) is 1.78. The molecule has 0 aromatic carbocycles. The molecule has 1 aliphatic rings. The van der Waals surface area contributed by atoms with E-state index >= 15 is 0 Å². The van der Waals surface area contributed by atoms with Gasteiger partial charge in [0, 0.05) is 18.4 Å². The number of hydrogen-bond acceptors (Lipinski definition) is 5. The van der Waals surface area contributed by atoms with E-state index in [2.05, 4.69) is 14.9 Å². The Morgan fingerprint density at radius 1 is 1.54 bits per heavy atom. The molecule has 0 bridgehead atoms. The molecular weight excluding hydrogens is 208 g/mol. The van der Waals surface area contributed by atoms with Crippen LogP contribution in [0.5, 0.6) is 0 Å². The number of aromatic nitrogens is 2. The molecule has 4 nitrogen and oxygen atoms in total. The Balaban J connectivity index is 2.28. The maximum absolute atomic E-state index is 5.76. The summed E-state index contributed by atoms with van der Waals surface area (Å²) in [4.78, 5) is 10.0. The molecule has 13 heavy (non-hydrogen) atoms. The van der Waals surface area contributed by atoms with Crippen molar-refractivity contribution in [3.05, 3.63) is 11.2 Å². The maximum atomic E-state index is 5.76. The molecule has 0 atom stereocenters. The van der Waals surface area contributed by atoms with Crippen LogP contribution in [0.3, 0.4) is 0 Å². The largest absolute Gasteiger partial charge is 0.368 e. The average molecular weight is 217 g/mol. The second-order valence-corrected chi connectivity index (χ2v) is 4.17. The van der Waals surface area contributed by atoms with Crippen LogP contribution < -0.4 is 10.6 Å². The number of rotatable bonds is 1. The highest BCUT2D eigenvalue weighted by Crippen LogP contribution is 2.23. The molecule has 1 aromatic rings. The van der Waals surface area contributed by atoms with Gasteiger partial charge in [0.2, 0.25) is 5.95 Å². The van der Waals surface area contributed by atoms with Gasteiger partial charge in [-0.15, -0.1) is 11.8 Å². The lowest BCUT2D eigenvalue weighted by Crippen LogP contribution is -2.19. The molecule has 1 aliphatic heterocycles. The minimum absolute atomic E-state index is 0.236. The summed E-state index contributed by atoms with van der Waals surface area (Å²) in [6.45, 7) is 0.997. The summed E-state index contributed by atoms with van der Waals surface area (Å²) in [5.74, 6) is 3.14. The van der Waals surface area contributed by atoms with Gasteiger partial charge in [0.1, 0.15) is 11.0 Å². The van der Waals surface area contributed by atoms with E-state index in [0.717, 1.165) is 24.0 Å². The van der Waals surface area contributed by atoms with Gasteiger partial charge in [-0.2, -0.15) is 4.98 Å². The second-order valence-electron chi connectivity index (χ2n) is 2.71. The van der Waals surface area contributed by atoms with Crippen molar-refractivity contribution in [1.29, 1.82) is 0 Å². The molecule has 0 aliphatic carbocycles. The van der Waals surface area contributed by atoms with Crippen LogP contribution in [0.15, 0.2) is 6.07 Å². The Labute approximate surface area is 85.5 Å². The van der Waals surface area contributed by atoms with Gasteiger partial charge in [0.05, 0.1) is 5.88 Å². The van der Waals surface area contributed by atoms with E-state index in [0.29, 0.717) is 5.15 Å². The maximum Gasteiger partial charge on any atom is 0.223 e. The highest BCUT2D eigenvalue weighted by atomic mass is 35.5. The lowest BCUT2D eigenvalue weighted by atomic mass is 10.5. The van der Waals surface area contributed by atoms with Crippen molar-refractivity contribution >= 4 is 35.1 Å². The molecule has 6 heteroatoms. The number of nitrogens with two attached hydrogens (primary N) is 1. The van der Waals surface area contributed by atoms with Crippen LogP contribution in [-0.4, -0.2) is 28.1 Å². The normalized spacial score (nSPS) is 16.5. The summed E-state index contributed by atoms with van der Waals surface area (Å²) >= 11 is 7.63. The van der Waals surface area contributed by atoms with Crippen LogP contribution in [0.2, 0.25) is 5.15 Å². The third-order valence-corrected chi connectivity index (χ3v) is 2.93. The second kappa shape index (κ2) is 3.59. The molecular formula is C7H9ClN4S. The third kappa shape index (κ3) is 1.97. The zero-order valence-corrected chi connectivity index (χ0v) is 8.48. The van der Waals surface area contributed by atoms with E-state index < -0.39 is 0 Å². The van der Waals surface area contributed by atoms with E-state index in [1.165, 1.54) is 0 Å². The summed E-state index contributed by atoms with van der Waals surface area (Å²) in [5, 5.41) is 0.402. The monoisotopic (exact) mass is 216 g/mol. The van der Waals surface area contributed by atoms with Crippen LogP contribution in [-0.2, 0) is 0 Å². The first-order valence-electron chi connectivity index (χ1n) is 3.88. The average Bonchev–Trinajstić information content (AvgIpc) is 2.53. The van der Waals surface area contributed by atoms with Crippen molar-refractivity contribution in [3.63, 3.8) is 0 Å². The molecule has 0 unspecified atom stereocenters. The lowest BCUT2D eigenvalue weighted by molar-refractivity contribution is 0.952. The summed E-state index contributed by atoms with van der Waals surface area (Å²) in [6.07, 6.45) is 0. The molecule has 0 saturated carbocycles. The van der Waals surface area contributed by atoms with Crippen LogP contribution in [0, 0.1) is 0 Å². The van der Waals surface area contributed by atoms with Gasteiger partial charge < -0.3 is 10.6 Å². The Morgan fingerprint density at radius 2 is 2.38 bits per heavy atom. The standard InChI is InChI=1S/C7H9ClN4S/c8-5-3-6(11-7(9)10-5)12-1-2-13-4-12/h3H,1-2,4H2,(H2,9,10,11). The Bertz CT molecular complexity index is 293. The van der Waals surface area contributed by atoms with Crippen molar-refractivity contribution in [1.82, 2.24) is 9.97 Å². The van der Waals surface area contributed by atoms with Gasteiger partial charge in [0.25, 0.3) is 0 Å². The fraction of sp³-hybridized carbons (Fsp3) is 0.429. The number of nitrogen functional groups attached to an aromatic ring is 1. The first-order chi connectivity index (χ1) is 6.25. The molecule has 2 rings (SSSR count). The summed E-state index contributed by atoms with van der Waals surface area (Å²) in [5.41, 5.74) is 5.49. The minimum atomic E-state index is 0.236. The molecule has 1 fully saturated rings. The predicted octanol–water partition coefficient (Wildman–Crippen LogP) is 1.22. The van der Waals surface area contributed by atoms with Gasteiger partial charge in [0.15, 0.2) is 0 Å². The van der Waals surface area contributed by atoms with E-state index in [-0.39, 0.29) is 5.95 Å². The van der Waals surface area contributed by atoms with Gasteiger partial charge in [-0.05, 0) is 0 Å². The summed E-state index contributed by atoms with van der Waals surface area (Å²) in [6, 6.07) is 1.74. The van der Waals surface area contributed by atoms with E-state index in [1.54, 1.807) is 6.07 Å². The lowest BCUT2D eigenvalue weighted by Gasteiger charge is -2.15. The first-order valence-corrected chi connectivity index (χ1v) is 5.42. The first kappa shape index (κ1) is 8.90. The number of halogens is 1. The topological polar surface area (TPSA) is 55.0 Å². The van der Waals surface area contributed by atoms with Crippen molar-refractivity contribution in [2.45, 2.75) is 0 Å². The summed E-state index contributed by atoms with van der Waals surface area (Å²) < 4.78 is 0. The van der Waals surface area contributed by atoms with Crippen molar-refractivity contribution in [2.75, 3.05) is 28.8 Å². The van der Waals surface area contributed by atoms with Crippen LogP contribution in [0.1, 0.15) is 0 Å². The van der Waals surface area contributed by atoms with Crippen LogP contribution in [0.4, 0.5) is 11.8 Å². The SMILES string of the molecule is Nc1nc(Cl)cc(N2CCSC2)n1. The van der Waals surface area contributed by atoms with E-state index in [9.17, 15) is 0 Å². The van der Waals surface area contributed by atoms with Crippen molar-refractivity contribution in [2.24, 2.45) is 0 Å². The molecule has 0 spiro atoms. The van der Waals surface area contributed by atoms with Crippen molar-refractivity contribution in [3.8, 4) is 0 Å². The highest BCUT2D eigenvalue weighted by Gasteiger charge is 2.14. The molecule has 0 radical (unpaired) electrons. The Morgan fingerprint density at radius 3 is 3.00 bits per heavy atom. The fourth-order valence-electron chi connectivity index (χ4n) is 1.18. The van der Waals surface area contributed by atoms with Crippen molar-refractivity contribution < 1.29 is 0 Å². The van der Waals surface area contributed by atoms with Crippen LogP contribution in [0.25, 0.3) is 0 Å². The molecule has 1 saturated heterocycles. The van der Waals surface area contributed by atoms with Gasteiger partial charge >= 0.3 is 0 Å². The zero-order chi connectivity index (χ0) is 9.26. The smallest absolute Gasteiger partial charge is 0.223 e. The van der Waals surface area contributed by atoms with E-state index in [1.807, 2.05) is 11.8 Å². The Kier molecular flexibility index (Phi) is 2.46. The highest BCUT2D eigenvalue weighted by molar-refractivity contribution is 7.99. The zero-order valence-electron chi connectivity index (χ0n) is 6.90. The summed E-state index contributed by atoms with van der Waals surface area (Å²) in [7, 11) is 0. The Hall–Kier alpha value is -0.680. The number of hydrogen-bond donors (Lipinski definition) is 1. The predicted molar refractivity (Wildman–Crippen MR) is 56.1 cm³/mol. The number of nitrogens with zero attached hydrogens (tertiary/aromatic N) is 3. The molecule has 1 aromatic heterocycles. The number of thioether (sulfide) groups is 1. The molecule has 2 N–H and O–H groups in total. The number of anilines is 2. The molecule has 70 valence electrons.